The van der Waals surface area contributed by atoms with Gasteiger partial charge in [0.25, 0.3) is 0 Å². The molecule has 0 saturated carbocycles. The smallest absolute Gasteiger partial charge is 0.410 e. The first-order valence-corrected chi connectivity index (χ1v) is 9.51. The van der Waals surface area contributed by atoms with E-state index in [0.29, 0.717) is 6.04 Å². The van der Waals surface area contributed by atoms with Gasteiger partial charge in [0.2, 0.25) is 0 Å². The lowest BCUT2D eigenvalue weighted by Crippen LogP contribution is -2.52. The molecule has 1 aromatic rings. The number of fused-ring (bicyclic) bond motifs is 1. The van der Waals surface area contributed by atoms with Crippen LogP contribution in [0, 0.1) is 6.92 Å². The number of carbonyl (C=O) groups is 1. The number of aryl methyl sites for hydroxylation is 2. The van der Waals surface area contributed by atoms with E-state index in [1.807, 2.05) is 32.6 Å². The molecular formula is C19H32N4O2. The Morgan fingerprint density at radius 2 is 2.16 bits per heavy atom. The Kier molecular flexibility index (Phi) is 5.09. The SMILES string of the molecule is Cc1cn2c(n1)CC[C@H](N[C@H](C)[C@H]1CCCN1C(=O)OC(C)(C)C)C2. The molecule has 1 fully saturated rings. The van der Waals surface area contributed by atoms with Crippen molar-refractivity contribution in [2.75, 3.05) is 6.54 Å². The van der Waals surface area contributed by atoms with E-state index in [-0.39, 0.29) is 18.2 Å². The highest BCUT2D eigenvalue weighted by atomic mass is 16.6. The fourth-order valence-electron chi connectivity index (χ4n) is 4.06. The number of ether oxygens (including phenoxy) is 1. The van der Waals surface area contributed by atoms with Gasteiger partial charge in [0, 0.05) is 37.8 Å². The monoisotopic (exact) mass is 348 g/mol. The summed E-state index contributed by atoms with van der Waals surface area (Å²) in [5.74, 6) is 1.19. The second-order valence-corrected chi connectivity index (χ2v) is 8.53. The highest BCUT2D eigenvalue weighted by Crippen LogP contribution is 2.24. The van der Waals surface area contributed by atoms with Gasteiger partial charge < -0.3 is 19.5 Å². The molecule has 3 heterocycles. The van der Waals surface area contributed by atoms with E-state index in [1.165, 1.54) is 5.82 Å². The predicted molar refractivity (Wildman–Crippen MR) is 97.6 cm³/mol. The molecule has 0 spiro atoms. The number of nitrogens with one attached hydrogen (secondary N) is 1. The fourth-order valence-corrected chi connectivity index (χ4v) is 4.06. The van der Waals surface area contributed by atoms with Crippen molar-refractivity contribution in [3.05, 3.63) is 17.7 Å². The number of hydrogen-bond donors (Lipinski definition) is 1. The van der Waals surface area contributed by atoms with Crippen LogP contribution in [0.15, 0.2) is 6.20 Å². The Labute approximate surface area is 150 Å². The molecule has 6 heteroatoms. The average Bonchev–Trinajstić information content (AvgIpc) is 3.10. The van der Waals surface area contributed by atoms with Crippen LogP contribution in [0.25, 0.3) is 0 Å². The van der Waals surface area contributed by atoms with E-state index in [2.05, 4.69) is 28.0 Å². The topological polar surface area (TPSA) is 59.4 Å². The predicted octanol–water partition coefficient (Wildman–Crippen LogP) is 2.88. The van der Waals surface area contributed by atoms with Crippen molar-refractivity contribution in [2.45, 2.75) is 90.6 Å². The van der Waals surface area contributed by atoms with Crippen molar-refractivity contribution in [1.82, 2.24) is 19.8 Å². The molecule has 1 amide bonds. The van der Waals surface area contributed by atoms with Gasteiger partial charge in [0.15, 0.2) is 0 Å². The maximum Gasteiger partial charge on any atom is 0.410 e. The molecule has 1 N–H and O–H groups in total. The molecular weight excluding hydrogens is 316 g/mol. The van der Waals surface area contributed by atoms with Crippen molar-refractivity contribution < 1.29 is 9.53 Å². The van der Waals surface area contributed by atoms with Crippen molar-refractivity contribution in [2.24, 2.45) is 0 Å². The molecule has 3 rings (SSSR count). The van der Waals surface area contributed by atoms with Gasteiger partial charge in [-0.3, -0.25) is 0 Å². The van der Waals surface area contributed by atoms with Crippen LogP contribution in [0.1, 0.15) is 58.5 Å². The summed E-state index contributed by atoms with van der Waals surface area (Å²) in [7, 11) is 0. The Bertz CT molecular complexity index is 619. The molecule has 1 saturated heterocycles. The molecule has 140 valence electrons. The Morgan fingerprint density at radius 1 is 1.40 bits per heavy atom. The Morgan fingerprint density at radius 3 is 2.88 bits per heavy atom. The number of amides is 1. The minimum atomic E-state index is -0.445. The minimum absolute atomic E-state index is 0.181. The zero-order chi connectivity index (χ0) is 18.2. The second kappa shape index (κ2) is 6.98. The van der Waals surface area contributed by atoms with E-state index in [1.54, 1.807) is 0 Å². The summed E-state index contributed by atoms with van der Waals surface area (Å²) in [6.07, 6.45) is 6.15. The van der Waals surface area contributed by atoms with Crippen molar-refractivity contribution in [3.8, 4) is 0 Å². The van der Waals surface area contributed by atoms with Crippen LogP contribution in [0.4, 0.5) is 4.79 Å². The maximum atomic E-state index is 12.5. The molecule has 25 heavy (non-hydrogen) atoms. The van der Waals surface area contributed by atoms with Crippen LogP contribution >= 0.6 is 0 Å². The zero-order valence-corrected chi connectivity index (χ0v) is 16.2. The normalized spacial score (nSPS) is 24.9. The lowest BCUT2D eigenvalue weighted by molar-refractivity contribution is 0.0195. The van der Waals surface area contributed by atoms with Gasteiger partial charge in [0.05, 0.1) is 11.7 Å². The standard InChI is InChI=1S/C19H32N4O2/c1-13-11-22-12-15(8-9-17(22)20-13)21-14(2)16-7-6-10-23(16)18(24)25-19(3,4)5/h11,14-16,21H,6-10,12H2,1-5H3/t14-,15+,16-/m1/s1. The molecule has 2 aliphatic heterocycles. The summed E-state index contributed by atoms with van der Waals surface area (Å²) in [4.78, 5) is 19.0. The molecule has 1 aromatic heterocycles. The number of imidazole rings is 1. The summed E-state index contributed by atoms with van der Waals surface area (Å²) < 4.78 is 7.86. The molecule has 0 unspecified atom stereocenters. The van der Waals surface area contributed by atoms with Crippen LogP contribution in [0.5, 0.6) is 0 Å². The number of likely N-dealkylation sites (tertiary alicyclic amines) is 1. The molecule has 3 atom stereocenters. The third kappa shape index (κ3) is 4.35. The van der Waals surface area contributed by atoms with Crippen LogP contribution in [0.3, 0.4) is 0 Å². The number of carbonyl (C=O) groups excluding carboxylic acids is 1. The summed E-state index contributed by atoms with van der Waals surface area (Å²) in [6.45, 7) is 11.8. The summed E-state index contributed by atoms with van der Waals surface area (Å²) in [6, 6.07) is 0.893. The lowest BCUT2D eigenvalue weighted by atomic mass is 10.0. The third-order valence-corrected chi connectivity index (χ3v) is 5.12. The lowest BCUT2D eigenvalue weighted by Gasteiger charge is -2.35. The molecule has 0 radical (unpaired) electrons. The first-order valence-electron chi connectivity index (χ1n) is 9.51. The third-order valence-electron chi connectivity index (χ3n) is 5.12. The van der Waals surface area contributed by atoms with Gasteiger partial charge in [-0.05, 0) is 53.9 Å². The van der Waals surface area contributed by atoms with E-state index >= 15 is 0 Å². The maximum absolute atomic E-state index is 12.5. The van der Waals surface area contributed by atoms with E-state index in [4.69, 9.17) is 4.74 Å². The average molecular weight is 348 g/mol. The number of hydrogen-bond acceptors (Lipinski definition) is 4. The quantitative estimate of drug-likeness (QED) is 0.912. The summed E-state index contributed by atoms with van der Waals surface area (Å²) in [5.41, 5.74) is 0.649. The van der Waals surface area contributed by atoms with Gasteiger partial charge in [-0.25, -0.2) is 9.78 Å². The highest BCUT2D eigenvalue weighted by Gasteiger charge is 2.36. The molecule has 6 nitrogen and oxygen atoms in total. The summed E-state index contributed by atoms with van der Waals surface area (Å²) in [5, 5.41) is 3.76. The minimum Gasteiger partial charge on any atom is -0.444 e. The van der Waals surface area contributed by atoms with E-state index in [9.17, 15) is 4.79 Å². The second-order valence-electron chi connectivity index (χ2n) is 8.53. The zero-order valence-electron chi connectivity index (χ0n) is 16.2. The molecule has 0 aliphatic carbocycles. The first-order chi connectivity index (χ1) is 11.7. The van der Waals surface area contributed by atoms with E-state index in [0.717, 1.165) is 44.5 Å². The van der Waals surface area contributed by atoms with Gasteiger partial charge >= 0.3 is 6.09 Å². The largest absolute Gasteiger partial charge is 0.444 e. The van der Waals surface area contributed by atoms with Crippen LogP contribution in [-0.2, 0) is 17.7 Å². The fraction of sp³-hybridized carbons (Fsp3) is 0.789. The van der Waals surface area contributed by atoms with Crippen molar-refractivity contribution >= 4 is 6.09 Å². The van der Waals surface area contributed by atoms with Gasteiger partial charge in [-0.15, -0.1) is 0 Å². The molecule has 0 aromatic carbocycles. The van der Waals surface area contributed by atoms with Gasteiger partial charge in [0.1, 0.15) is 11.4 Å². The number of rotatable bonds is 3. The Balaban J connectivity index is 1.59. The van der Waals surface area contributed by atoms with Crippen LogP contribution < -0.4 is 5.32 Å². The van der Waals surface area contributed by atoms with E-state index < -0.39 is 5.60 Å². The van der Waals surface area contributed by atoms with Crippen molar-refractivity contribution in [1.29, 1.82) is 0 Å². The van der Waals surface area contributed by atoms with Gasteiger partial charge in [-0.2, -0.15) is 0 Å². The number of nitrogens with zero attached hydrogens (tertiary/aromatic N) is 3. The van der Waals surface area contributed by atoms with Crippen LogP contribution in [-0.4, -0.2) is 50.8 Å². The first kappa shape index (κ1) is 18.2. The van der Waals surface area contributed by atoms with Gasteiger partial charge in [-0.1, -0.05) is 0 Å². The summed E-state index contributed by atoms with van der Waals surface area (Å²) >= 11 is 0. The highest BCUT2D eigenvalue weighted by molar-refractivity contribution is 5.69. The number of aromatic nitrogens is 2. The Hall–Kier alpha value is -1.56. The molecule has 2 aliphatic rings. The molecule has 0 bridgehead atoms. The van der Waals surface area contributed by atoms with Crippen LogP contribution in [0.2, 0.25) is 0 Å². The van der Waals surface area contributed by atoms with Crippen molar-refractivity contribution in [3.63, 3.8) is 0 Å².